The molecular formula is C12H24NO5P. The molecule has 0 spiro atoms. The van der Waals surface area contributed by atoms with Crippen molar-refractivity contribution >= 4 is 19.3 Å². The van der Waals surface area contributed by atoms with Gasteiger partial charge in [-0.3, -0.25) is 14.2 Å². The topological polar surface area (TPSA) is 92.7 Å². The van der Waals surface area contributed by atoms with Crippen LogP contribution in [-0.4, -0.2) is 35.4 Å². The van der Waals surface area contributed by atoms with Crippen LogP contribution in [0.25, 0.3) is 0 Å². The van der Waals surface area contributed by atoms with Gasteiger partial charge in [0.15, 0.2) is 0 Å². The van der Waals surface area contributed by atoms with E-state index in [2.05, 4.69) is 5.32 Å². The Labute approximate surface area is 114 Å². The van der Waals surface area contributed by atoms with Crippen LogP contribution in [0, 0.1) is 5.92 Å². The average molecular weight is 293 g/mol. The molecule has 1 atom stereocenters. The molecule has 2 N–H and O–H groups in total. The predicted molar refractivity (Wildman–Crippen MR) is 73.0 cm³/mol. The van der Waals surface area contributed by atoms with Crippen LogP contribution in [0.15, 0.2) is 0 Å². The zero-order valence-corrected chi connectivity index (χ0v) is 12.9. The van der Waals surface area contributed by atoms with Crippen molar-refractivity contribution in [3.8, 4) is 0 Å². The SMILES string of the molecule is CC(C)C(=O)CC(=O)NCCCOP(=O)(O)C(C)C. The molecule has 0 heterocycles. The second kappa shape index (κ2) is 8.46. The van der Waals surface area contributed by atoms with Crippen molar-refractivity contribution in [2.75, 3.05) is 13.2 Å². The van der Waals surface area contributed by atoms with Gasteiger partial charge in [0.05, 0.1) is 18.7 Å². The van der Waals surface area contributed by atoms with Crippen molar-refractivity contribution in [3.63, 3.8) is 0 Å². The van der Waals surface area contributed by atoms with Gasteiger partial charge >= 0.3 is 7.60 Å². The number of rotatable bonds is 9. The highest BCUT2D eigenvalue weighted by atomic mass is 31.2. The molecule has 7 heteroatoms. The largest absolute Gasteiger partial charge is 0.356 e. The van der Waals surface area contributed by atoms with E-state index < -0.39 is 13.3 Å². The summed E-state index contributed by atoms with van der Waals surface area (Å²) in [6.07, 6.45) is 0.307. The molecule has 0 bridgehead atoms. The van der Waals surface area contributed by atoms with Crippen LogP contribution in [0.3, 0.4) is 0 Å². The maximum atomic E-state index is 11.4. The molecule has 0 saturated heterocycles. The van der Waals surface area contributed by atoms with Crippen LogP contribution in [0.1, 0.15) is 40.5 Å². The second-order valence-electron chi connectivity index (χ2n) is 4.99. The normalized spacial score (nSPS) is 14.5. The fourth-order valence-corrected chi connectivity index (χ4v) is 1.76. The number of ketones is 1. The Balaban J connectivity index is 3.74. The molecule has 0 aliphatic carbocycles. The summed E-state index contributed by atoms with van der Waals surface area (Å²) in [5, 5.41) is 2.57. The number of hydrogen-bond acceptors (Lipinski definition) is 4. The van der Waals surface area contributed by atoms with Crippen LogP contribution >= 0.6 is 7.60 Å². The maximum Gasteiger partial charge on any atom is 0.330 e. The Morgan fingerprint density at radius 3 is 2.32 bits per heavy atom. The Morgan fingerprint density at radius 2 is 1.84 bits per heavy atom. The van der Waals surface area contributed by atoms with Crippen LogP contribution in [0.5, 0.6) is 0 Å². The zero-order valence-electron chi connectivity index (χ0n) is 12.0. The summed E-state index contributed by atoms with van der Waals surface area (Å²) in [6, 6.07) is 0. The van der Waals surface area contributed by atoms with Crippen molar-refractivity contribution in [1.29, 1.82) is 0 Å². The molecule has 112 valence electrons. The van der Waals surface area contributed by atoms with Gasteiger partial charge in [-0.2, -0.15) is 0 Å². The van der Waals surface area contributed by atoms with Crippen molar-refractivity contribution in [2.24, 2.45) is 5.92 Å². The van der Waals surface area contributed by atoms with Gasteiger partial charge in [0.1, 0.15) is 5.78 Å². The van der Waals surface area contributed by atoms with Crippen molar-refractivity contribution in [1.82, 2.24) is 5.32 Å². The molecule has 6 nitrogen and oxygen atoms in total. The van der Waals surface area contributed by atoms with Crippen LogP contribution in [0.4, 0.5) is 0 Å². The summed E-state index contributed by atoms with van der Waals surface area (Å²) < 4.78 is 16.3. The molecule has 0 aromatic rings. The summed E-state index contributed by atoms with van der Waals surface area (Å²) in [5.41, 5.74) is -0.439. The Kier molecular flexibility index (Phi) is 8.14. The van der Waals surface area contributed by atoms with Gasteiger partial charge < -0.3 is 14.7 Å². The van der Waals surface area contributed by atoms with Crippen molar-refractivity contribution in [3.05, 3.63) is 0 Å². The zero-order chi connectivity index (χ0) is 15.1. The molecule has 1 unspecified atom stereocenters. The highest BCUT2D eigenvalue weighted by Crippen LogP contribution is 2.46. The quantitative estimate of drug-likeness (QED) is 0.383. The second-order valence-corrected chi connectivity index (χ2v) is 7.41. The standard InChI is InChI=1S/C12H24NO5P/c1-9(2)11(14)8-12(15)13-6-5-7-18-19(16,17)10(3)4/h9-10H,5-8H2,1-4H3,(H,13,15)(H,16,17). The van der Waals surface area contributed by atoms with E-state index in [1.807, 2.05) is 0 Å². The minimum atomic E-state index is -3.53. The van der Waals surface area contributed by atoms with Crippen molar-refractivity contribution in [2.45, 2.75) is 46.2 Å². The number of hydrogen-bond donors (Lipinski definition) is 2. The van der Waals surface area contributed by atoms with Gasteiger partial charge in [-0.15, -0.1) is 0 Å². The van der Waals surface area contributed by atoms with E-state index in [1.165, 1.54) is 0 Å². The fraction of sp³-hybridized carbons (Fsp3) is 0.833. The van der Waals surface area contributed by atoms with Gasteiger partial charge in [0, 0.05) is 12.5 Å². The first-order chi connectivity index (χ1) is 8.66. The first kappa shape index (κ1) is 18.3. The molecule has 0 aromatic heterocycles. The maximum absolute atomic E-state index is 11.4. The number of carbonyl (C=O) groups is 2. The lowest BCUT2D eigenvalue weighted by atomic mass is 10.1. The van der Waals surface area contributed by atoms with E-state index in [-0.39, 0.29) is 30.6 Å². The van der Waals surface area contributed by atoms with Gasteiger partial charge in [0.25, 0.3) is 0 Å². The smallest absolute Gasteiger partial charge is 0.330 e. The number of amides is 1. The van der Waals surface area contributed by atoms with Gasteiger partial charge in [-0.25, -0.2) is 0 Å². The third kappa shape index (κ3) is 8.14. The van der Waals surface area contributed by atoms with E-state index >= 15 is 0 Å². The molecule has 0 saturated carbocycles. The van der Waals surface area contributed by atoms with E-state index in [1.54, 1.807) is 27.7 Å². The first-order valence-electron chi connectivity index (χ1n) is 6.43. The highest BCUT2D eigenvalue weighted by Gasteiger charge is 2.23. The summed E-state index contributed by atoms with van der Waals surface area (Å²) in [4.78, 5) is 32.0. The average Bonchev–Trinajstić information content (AvgIpc) is 2.27. The molecule has 0 rings (SSSR count). The van der Waals surface area contributed by atoms with Gasteiger partial charge in [-0.1, -0.05) is 27.7 Å². The number of carbonyl (C=O) groups excluding carboxylic acids is 2. The van der Waals surface area contributed by atoms with E-state index in [9.17, 15) is 19.0 Å². The Hall–Kier alpha value is -0.710. The lowest BCUT2D eigenvalue weighted by Gasteiger charge is -2.15. The molecule has 0 aliphatic heterocycles. The van der Waals surface area contributed by atoms with E-state index in [0.717, 1.165) is 0 Å². The summed E-state index contributed by atoms with van der Waals surface area (Å²) in [5.74, 6) is -0.580. The van der Waals surface area contributed by atoms with Crippen LogP contribution < -0.4 is 5.32 Å². The monoisotopic (exact) mass is 293 g/mol. The Bertz CT molecular complexity index is 354. The first-order valence-corrected chi connectivity index (χ1v) is 8.08. The third-order valence-corrected chi connectivity index (χ3v) is 4.41. The molecule has 0 aliphatic rings. The molecule has 0 aromatic carbocycles. The lowest BCUT2D eigenvalue weighted by molar-refractivity contribution is -0.129. The van der Waals surface area contributed by atoms with E-state index in [4.69, 9.17) is 4.52 Å². The number of nitrogens with one attached hydrogen (secondary N) is 1. The van der Waals surface area contributed by atoms with Gasteiger partial charge in [0.2, 0.25) is 5.91 Å². The predicted octanol–water partition coefficient (Wildman–Crippen LogP) is 1.72. The summed E-state index contributed by atoms with van der Waals surface area (Å²) in [6.45, 7) is 7.13. The number of Topliss-reactive ketones (excluding diaryl/α,β-unsaturated/α-hetero) is 1. The minimum Gasteiger partial charge on any atom is -0.356 e. The summed E-state index contributed by atoms with van der Waals surface area (Å²) in [7, 11) is -3.53. The molecular weight excluding hydrogens is 269 g/mol. The third-order valence-electron chi connectivity index (χ3n) is 2.55. The molecule has 0 fully saturated rings. The molecule has 1 amide bonds. The molecule has 0 radical (unpaired) electrons. The summed E-state index contributed by atoms with van der Waals surface area (Å²) >= 11 is 0. The highest BCUT2D eigenvalue weighted by molar-refractivity contribution is 7.53. The Morgan fingerprint density at radius 1 is 1.26 bits per heavy atom. The van der Waals surface area contributed by atoms with Crippen LogP contribution in [0.2, 0.25) is 0 Å². The lowest BCUT2D eigenvalue weighted by Crippen LogP contribution is -2.28. The van der Waals surface area contributed by atoms with Crippen LogP contribution in [-0.2, 0) is 18.7 Å². The molecule has 19 heavy (non-hydrogen) atoms. The minimum absolute atomic E-state index is 0.102. The fourth-order valence-electron chi connectivity index (χ4n) is 1.07. The van der Waals surface area contributed by atoms with Gasteiger partial charge in [-0.05, 0) is 6.42 Å². The van der Waals surface area contributed by atoms with E-state index in [0.29, 0.717) is 13.0 Å². The van der Waals surface area contributed by atoms with Crippen molar-refractivity contribution < 1.29 is 23.6 Å².